The van der Waals surface area contributed by atoms with Crippen molar-refractivity contribution in [2.45, 2.75) is 19.7 Å². The number of benzene rings is 1. The Morgan fingerprint density at radius 2 is 2.00 bits per heavy atom. The minimum atomic E-state index is -5.03. The molecule has 0 bridgehead atoms. The van der Waals surface area contributed by atoms with Crippen molar-refractivity contribution in [3.8, 4) is 5.75 Å². The highest BCUT2D eigenvalue weighted by atomic mass is 79.9. The van der Waals surface area contributed by atoms with Gasteiger partial charge in [-0.1, -0.05) is 23.2 Å². The maximum atomic E-state index is 12.8. The molecule has 0 atom stereocenters. The Morgan fingerprint density at radius 3 is 2.66 bits per heavy atom. The molecule has 2 heterocycles. The molecule has 0 saturated carbocycles. The highest BCUT2D eigenvalue weighted by Gasteiger charge is 2.42. The van der Waals surface area contributed by atoms with Crippen LogP contribution in [0.4, 0.5) is 18.9 Å². The van der Waals surface area contributed by atoms with Crippen molar-refractivity contribution in [1.82, 2.24) is 9.38 Å². The fraction of sp³-hybridized carbons (Fsp3) is 0.222. The first-order chi connectivity index (χ1) is 13.5. The zero-order valence-electron chi connectivity index (χ0n) is 15.0. The largest absolute Gasteiger partial charge is 0.485 e. The van der Waals surface area contributed by atoms with E-state index in [0.717, 1.165) is 17.3 Å². The van der Waals surface area contributed by atoms with E-state index in [1.807, 2.05) is 6.92 Å². The number of nitrogens with zero attached hydrogens (tertiary/aromatic N) is 3. The van der Waals surface area contributed by atoms with Gasteiger partial charge in [-0.2, -0.15) is 13.2 Å². The van der Waals surface area contributed by atoms with Crippen LogP contribution in [0.2, 0.25) is 10.0 Å². The second-order valence-corrected chi connectivity index (χ2v) is 7.60. The van der Waals surface area contributed by atoms with Crippen LogP contribution in [-0.2, 0) is 11.4 Å². The summed E-state index contributed by atoms with van der Waals surface area (Å²) in [5, 5.41) is 0.0875. The molecule has 0 spiro atoms. The highest BCUT2D eigenvalue weighted by Crippen LogP contribution is 2.36. The van der Waals surface area contributed by atoms with E-state index < -0.39 is 12.1 Å². The third-order valence-electron chi connectivity index (χ3n) is 4.16. The maximum Gasteiger partial charge on any atom is 0.471 e. The number of alkyl halides is 3. The summed E-state index contributed by atoms with van der Waals surface area (Å²) in [6.45, 7) is 1.69. The molecule has 0 saturated heterocycles. The van der Waals surface area contributed by atoms with Crippen LogP contribution in [0, 0.1) is 6.92 Å². The van der Waals surface area contributed by atoms with E-state index in [2.05, 4.69) is 20.9 Å². The monoisotopic (exact) mass is 509 g/mol. The lowest BCUT2D eigenvalue weighted by atomic mass is 10.2. The normalized spacial score (nSPS) is 11.7. The van der Waals surface area contributed by atoms with Gasteiger partial charge in [0, 0.05) is 23.8 Å². The second kappa shape index (κ2) is 8.04. The molecule has 0 radical (unpaired) electrons. The predicted octanol–water partition coefficient (Wildman–Crippen LogP) is 5.82. The number of carbonyl (C=O) groups is 1. The van der Waals surface area contributed by atoms with Gasteiger partial charge in [0.05, 0.1) is 16.4 Å². The van der Waals surface area contributed by atoms with Crippen molar-refractivity contribution in [3.63, 3.8) is 0 Å². The number of anilines is 1. The Bertz CT molecular complexity index is 1100. The Morgan fingerprint density at radius 1 is 1.31 bits per heavy atom. The number of rotatable bonds is 4. The van der Waals surface area contributed by atoms with E-state index in [1.165, 1.54) is 12.1 Å². The fourth-order valence-electron chi connectivity index (χ4n) is 2.67. The van der Waals surface area contributed by atoms with Crippen molar-refractivity contribution in [1.29, 1.82) is 0 Å². The van der Waals surface area contributed by atoms with Gasteiger partial charge in [0.15, 0.2) is 11.4 Å². The number of ether oxygens (including phenoxy) is 1. The van der Waals surface area contributed by atoms with E-state index in [0.29, 0.717) is 16.3 Å². The van der Waals surface area contributed by atoms with Gasteiger partial charge in [-0.3, -0.25) is 9.20 Å². The van der Waals surface area contributed by atoms with Crippen LogP contribution < -0.4 is 9.64 Å². The number of imidazole rings is 1. The fourth-order valence-corrected chi connectivity index (χ4v) is 3.65. The molecule has 0 aliphatic heterocycles. The second-order valence-electron chi connectivity index (χ2n) is 6.06. The lowest BCUT2D eigenvalue weighted by Crippen LogP contribution is -2.38. The van der Waals surface area contributed by atoms with Crippen LogP contribution in [0.5, 0.6) is 5.75 Å². The van der Waals surface area contributed by atoms with Gasteiger partial charge in [-0.15, -0.1) is 0 Å². The van der Waals surface area contributed by atoms with E-state index in [1.54, 1.807) is 22.7 Å². The van der Waals surface area contributed by atoms with Crippen molar-refractivity contribution < 1.29 is 22.7 Å². The maximum absolute atomic E-state index is 12.8. The average Bonchev–Trinajstić information content (AvgIpc) is 2.95. The molecule has 154 valence electrons. The standard InChI is InChI=1S/C18H13BrCl2F3N3O2/c1-9-15(19)27-7-3-4-13(16(27)25-9)29-8-10-11(20)5-6-12(14(10)21)26(2)17(28)18(22,23)24/h3-7H,8H2,1-2H3. The molecule has 1 aromatic carbocycles. The molecule has 5 nitrogen and oxygen atoms in total. The number of carbonyl (C=O) groups excluding carboxylic acids is 1. The molecule has 0 N–H and O–H groups in total. The average molecular weight is 511 g/mol. The lowest BCUT2D eigenvalue weighted by Gasteiger charge is -2.22. The Balaban J connectivity index is 1.93. The summed E-state index contributed by atoms with van der Waals surface area (Å²) in [5.41, 5.74) is 1.42. The third kappa shape index (κ3) is 4.17. The number of halogens is 6. The Hall–Kier alpha value is -1.97. The van der Waals surface area contributed by atoms with Gasteiger partial charge >= 0.3 is 12.1 Å². The summed E-state index contributed by atoms with van der Waals surface area (Å²) < 4.78 is 46.6. The highest BCUT2D eigenvalue weighted by molar-refractivity contribution is 9.10. The van der Waals surface area contributed by atoms with Gasteiger partial charge in [0.25, 0.3) is 0 Å². The first-order valence-electron chi connectivity index (χ1n) is 8.10. The van der Waals surface area contributed by atoms with E-state index in [4.69, 9.17) is 27.9 Å². The molecular weight excluding hydrogens is 498 g/mol. The molecule has 0 fully saturated rings. The summed E-state index contributed by atoms with van der Waals surface area (Å²) in [5.74, 6) is -1.62. The molecule has 3 aromatic rings. The van der Waals surface area contributed by atoms with Crippen LogP contribution in [-0.4, -0.2) is 28.5 Å². The summed E-state index contributed by atoms with van der Waals surface area (Å²) in [4.78, 5) is 16.4. The van der Waals surface area contributed by atoms with E-state index in [-0.39, 0.29) is 27.9 Å². The van der Waals surface area contributed by atoms with Crippen LogP contribution >= 0.6 is 39.1 Å². The number of hydrogen-bond acceptors (Lipinski definition) is 3. The Kier molecular flexibility index (Phi) is 6.03. The molecule has 0 aliphatic rings. The molecule has 0 unspecified atom stereocenters. The van der Waals surface area contributed by atoms with E-state index in [9.17, 15) is 18.0 Å². The van der Waals surface area contributed by atoms with Crippen molar-refractivity contribution in [2.24, 2.45) is 0 Å². The molecule has 29 heavy (non-hydrogen) atoms. The molecule has 2 aromatic heterocycles. The van der Waals surface area contributed by atoms with Gasteiger partial charge in [0.2, 0.25) is 0 Å². The molecule has 0 aliphatic carbocycles. The van der Waals surface area contributed by atoms with Crippen molar-refractivity contribution in [2.75, 3.05) is 11.9 Å². The summed E-state index contributed by atoms with van der Waals surface area (Å²) in [6, 6.07) is 6.05. The quantitative estimate of drug-likeness (QED) is 0.444. The number of fused-ring (bicyclic) bond motifs is 1. The number of pyridine rings is 1. The Labute approximate surface area is 182 Å². The van der Waals surface area contributed by atoms with Crippen molar-refractivity contribution in [3.05, 3.63) is 56.4 Å². The number of aromatic nitrogens is 2. The van der Waals surface area contributed by atoms with Crippen LogP contribution in [0.1, 0.15) is 11.3 Å². The molecule has 1 amide bonds. The number of amides is 1. The van der Waals surface area contributed by atoms with Crippen LogP contribution in [0.15, 0.2) is 35.1 Å². The minimum absolute atomic E-state index is 0.106. The topological polar surface area (TPSA) is 46.8 Å². The third-order valence-corrected chi connectivity index (χ3v) is 5.89. The summed E-state index contributed by atoms with van der Waals surface area (Å²) in [6.07, 6.45) is -3.24. The van der Waals surface area contributed by atoms with Crippen molar-refractivity contribution >= 4 is 56.4 Å². The van der Waals surface area contributed by atoms with Gasteiger partial charge in [0.1, 0.15) is 11.2 Å². The molecule has 3 rings (SSSR count). The van der Waals surface area contributed by atoms with Crippen LogP contribution in [0.3, 0.4) is 0 Å². The summed E-state index contributed by atoms with van der Waals surface area (Å²) >= 11 is 15.9. The van der Waals surface area contributed by atoms with Gasteiger partial charge in [-0.05, 0) is 47.1 Å². The molecular formula is C18H13BrCl2F3N3O2. The lowest BCUT2D eigenvalue weighted by molar-refractivity contribution is -0.170. The zero-order valence-corrected chi connectivity index (χ0v) is 18.1. The first kappa shape index (κ1) is 21.7. The van der Waals surface area contributed by atoms with Crippen LogP contribution in [0.25, 0.3) is 5.65 Å². The number of hydrogen-bond donors (Lipinski definition) is 0. The number of aryl methyl sites for hydroxylation is 1. The SMILES string of the molecule is Cc1nc2c(OCc3c(Cl)ccc(N(C)C(=O)C(F)(F)F)c3Cl)cccn2c1Br. The van der Waals surface area contributed by atoms with Gasteiger partial charge in [-0.25, -0.2) is 4.98 Å². The predicted molar refractivity (Wildman–Crippen MR) is 108 cm³/mol. The minimum Gasteiger partial charge on any atom is -0.485 e. The zero-order chi connectivity index (χ0) is 21.5. The smallest absolute Gasteiger partial charge is 0.471 e. The summed E-state index contributed by atoms with van der Waals surface area (Å²) in [7, 11) is 0.987. The first-order valence-corrected chi connectivity index (χ1v) is 9.65. The van der Waals surface area contributed by atoms with Gasteiger partial charge < -0.3 is 9.64 Å². The van der Waals surface area contributed by atoms with E-state index >= 15 is 0 Å². The molecule has 11 heteroatoms.